The van der Waals surface area contributed by atoms with Gasteiger partial charge in [-0.15, -0.1) is 0 Å². The largest absolute Gasteiger partial charge is 0.484 e. The maximum atomic E-state index is 12.9. The van der Waals surface area contributed by atoms with Gasteiger partial charge in [0.05, 0.1) is 11.1 Å². The zero-order valence-corrected chi connectivity index (χ0v) is 16.5. The summed E-state index contributed by atoms with van der Waals surface area (Å²) in [7, 11) is -3.72. The van der Waals surface area contributed by atoms with Gasteiger partial charge in [-0.05, 0) is 66.2 Å². The SMILES string of the molecule is O=C(COc1ccc(C=NNS(=O)(=O)c2ccccc2)cc1)Nc1ccc(F)cc1. The summed E-state index contributed by atoms with van der Waals surface area (Å²) in [5.41, 5.74) is 1.10. The van der Waals surface area contributed by atoms with Crippen molar-refractivity contribution in [2.75, 3.05) is 11.9 Å². The summed E-state index contributed by atoms with van der Waals surface area (Å²) in [6.07, 6.45) is 1.35. The highest BCUT2D eigenvalue weighted by molar-refractivity contribution is 7.89. The molecule has 3 aromatic carbocycles. The highest BCUT2D eigenvalue weighted by Gasteiger charge is 2.11. The number of carbonyl (C=O) groups is 1. The summed E-state index contributed by atoms with van der Waals surface area (Å²) in [6, 6.07) is 19.9. The highest BCUT2D eigenvalue weighted by Crippen LogP contribution is 2.12. The maximum Gasteiger partial charge on any atom is 0.276 e. The molecule has 0 aliphatic heterocycles. The lowest BCUT2D eigenvalue weighted by Gasteiger charge is -2.07. The molecule has 0 saturated carbocycles. The number of ether oxygens (including phenoxy) is 1. The van der Waals surface area contributed by atoms with Gasteiger partial charge in [-0.25, -0.2) is 9.22 Å². The Morgan fingerprint density at radius 1 is 0.967 bits per heavy atom. The van der Waals surface area contributed by atoms with Crippen LogP contribution in [0.5, 0.6) is 5.75 Å². The third-order valence-corrected chi connectivity index (χ3v) is 5.06. The molecule has 0 aliphatic rings. The number of hydrogen-bond donors (Lipinski definition) is 2. The van der Waals surface area contributed by atoms with Gasteiger partial charge in [0.1, 0.15) is 11.6 Å². The molecule has 3 rings (SSSR count). The smallest absolute Gasteiger partial charge is 0.276 e. The first kappa shape index (κ1) is 21.0. The molecule has 0 aliphatic carbocycles. The Morgan fingerprint density at radius 2 is 1.63 bits per heavy atom. The van der Waals surface area contributed by atoms with Gasteiger partial charge in [-0.3, -0.25) is 4.79 Å². The second-order valence-electron chi connectivity index (χ2n) is 6.08. The van der Waals surface area contributed by atoms with Crippen LogP contribution in [0.1, 0.15) is 5.56 Å². The summed E-state index contributed by atoms with van der Waals surface area (Å²) in [4.78, 5) is 14.1. The van der Waals surface area contributed by atoms with E-state index in [4.69, 9.17) is 4.74 Å². The van der Waals surface area contributed by atoms with Crippen LogP contribution < -0.4 is 14.9 Å². The average Bonchev–Trinajstić information content (AvgIpc) is 2.75. The second kappa shape index (κ2) is 9.66. The lowest BCUT2D eigenvalue weighted by Crippen LogP contribution is -2.20. The number of anilines is 1. The van der Waals surface area contributed by atoms with Crippen molar-refractivity contribution in [3.05, 3.63) is 90.2 Å². The molecule has 1 amide bonds. The molecule has 0 atom stereocenters. The summed E-state index contributed by atoms with van der Waals surface area (Å²) < 4.78 is 42.4. The molecule has 3 aromatic rings. The number of halogens is 1. The lowest BCUT2D eigenvalue weighted by atomic mass is 10.2. The first-order valence-electron chi connectivity index (χ1n) is 8.80. The van der Waals surface area contributed by atoms with Crippen molar-refractivity contribution in [3.8, 4) is 5.75 Å². The Bertz CT molecular complexity index is 1120. The topological polar surface area (TPSA) is 96.9 Å². The zero-order valence-electron chi connectivity index (χ0n) is 15.7. The van der Waals surface area contributed by atoms with Gasteiger partial charge in [-0.1, -0.05) is 18.2 Å². The van der Waals surface area contributed by atoms with Crippen LogP contribution in [0.3, 0.4) is 0 Å². The number of amides is 1. The monoisotopic (exact) mass is 427 g/mol. The van der Waals surface area contributed by atoms with Gasteiger partial charge >= 0.3 is 0 Å². The van der Waals surface area contributed by atoms with Gasteiger partial charge in [-0.2, -0.15) is 13.5 Å². The van der Waals surface area contributed by atoms with E-state index >= 15 is 0 Å². The number of hydrazone groups is 1. The first-order valence-corrected chi connectivity index (χ1v) is 10.3. The fourth-order valence-corrected chi connectivity index (χ4v) is 3.16. The van der Waals surface area contributed by atoms with Crippen molar-refractivity contribution in [2.45, 2.75) is 4.90 Å². The summed E-state index contributed by atoms with van der Waals surface area (Å²) in [6.45, 7) is -0.221. The van der Waals surface area contributed by atoms with E-state index in [9.17, 15) is 17.6 Å². The molecular formula is C21H18FN3O4S. The molecule has 0 fully saturated rings. The number of benzene rings is 3. The standard InChI is InChI=1S/C21H18FN3O4S/c22-17-8-10-18(11-9-17)24-21(26)15-29-19-12-6-16(7-13-19)14-23-25-30(27,28)20-4-2-1-3-5-20/h1-14,25H,15H2,(H,24,26). The maximum absolute atomic E-state index is 12.9. The third-order valence-electron chi connectivity index (χ3n) is 3.82. The predicted molar refractivity (Wildman–Crippen MR) is 111 cm³/mol. The third kappa shape index (κ3) is 6.14. The fourth-order valence-electron chi connectivity index (χ4n) is 2.35. The molecule has 0 bridgehead atoms. The molecule has 7 nitrogen and oxygen atoms in total. The van der Waals surface area contributed by atoms with E-state index < -0.39 is 10.0 Å². The average molecular weight is 427 g/mol. The van der Waals surface area contributed by atoms with Crippen molar-refractivity contribution in [1.29, 1.82) is 0 Å². The van der Waals surface area contributed by atoms with Crippen LogP contribution in [0.2, 0.25) is 0 Å². The molecule has 0 aromatic heterocycles. The Morgan fingerprint density at radius 3 is 2.30 bits per heavy atom. The number of rotatable bonds is 8. The summed E-state index contributed by atoms with van der Waals surface area (Å²) >= 11 is 0. The first-order chi connectivity index (χ1) is 14.4. The van der Waals surface area contributed by atoms with Crippen molar-refractivity contribution < 1.29 is 22.3 Å². The second-order valence-corrected chi connectivity index (χ2v) is 7.74. The van der Waals surface area contributed by atoms with Gasteiger partial charge in [0.25, 0.3) is 15.9 Å². The lowest BCUT2D eigenvalue weighted by molar-refractivity contribution is -0.118. The number of nitrogens with zero attached hydrogens (tertiary/aromatic N) is 1. The van der Waals surface area contributed by atoms with E-state index in [1.54, 1.807) is 42.5 Å². The van der Waals surface area contributed by atoms with Crippen molar-refractivity contribution in [2.24, 2.45) is 5.10 Å². The Labute approximate surface area is 173 Å². The van der Waals surface area contributed by atoms with E-state index in [1.807, 2.05) is 0 Å². The quantitative estimate of drug-likeness (QED) is 0.426. The normalized spacial score (nSPS) is 11.2. The number of hydrogen-bond acceptors (Lipinski definition) is 5. The van der Waals surface area contributed by atoms with E-state index in [1.165, 1.54) is 42.6 Å². The van der Waals surface area contributed by atoms with E-state index in [-0.39, 0.29) is 23.2 Å². The van der Waals surface area contributed by atoms with Crippen LogP contribution in [0, 0.1) is 5.82 Å². The molecule has 0 radical (unpaired) electrons. The van der Waals surface area contributed by atoms with E-state index in [0.29, 0.717) is 17.0 Å². The Balaban J connectivity index is 1.49. The van der Waals surface area contributed by atoms with Gasteiger partial charge in [0.2, 0.25) is 0 Å². The number of sulfonamides is 1. The van der Waals surface area contributed by atoms with Crippen LogP contribution in [0.15, 0.2) is 88.9 Å². The van der Waals surface area contributed by atoms with Crippen molar-refractivity contribution in [3.63, 3.8) is 0 Å². The molecule has 0 spiro atoms. The molecule has 0 unspecified atom stereocenters. The van der Waals surface area contributed by atoms with Crippen molar-refractivity contribution >= 4 is 27.8 Å². The number of carbonyl (C=O) groups excluding carboxylic acids is 1. The molecular weight excluding hydrogens is 409 g/mol. The summed E-state index contributed by atoms with van der Waals surface area (Å²) in [5.74, 6) is -0.324. The molecule has 154 valence electrons. The van der Waals surface area contributed by atoms with Crippen LogP contribution in [-0.4, -0.2) is 27.1 Å². The zero-order chi connectivity index (χ0) is 21.4. The van der Waals surface area contributed by atoms with Crippen LogP contribution in [-0.2, 0) is 14.8 Å². The summed E-state index contributed by atoms with van der Waals surface area (Å²) in [5, 5.41) is 6.34. The molecule has 2 N–H and O–H groups in total. The van der Waals surface area contributed by atoms with E-state index in [2.05, 4.69) is 15.2 Å². The van der Waals surface area contributed by atoms with Crippen molar-refractivity contribution in [1.82, 2.24) is 4.83 Å². The molecule has 0 heterocycles. The van der Waals surface area contributed by atoms with E-state index in [0.717, 1.165) is 0 Å². The minimum absolute atomic E-state index is 0.116. The Kier molecular flexibility index (Phi) is 6.76. The van der Waals surface area contributed by atoms with Gasteiger partial charge in [0, 0.05) is 5.69 Å². The highest BCUT2D eigenvalue weighted by atomic mass is 32.2. The van der Waals surface area contributed by atoms with Crippen LogP contribution in [0.4, 0.5) is 10.1 Å². The minimum Gasteiger partial charge on any atom is -0.484 e. The number of nitrogens with one attached hydrogen (secondary N) is 2. The molecule has 0 saturated heterocycles. The van der Waals surface area contributed by atoms with Gasteiger partial charge < -0.3 is 10.1 Å². The van der Waals surface area contributed by atoms with Gasteiger partial charge in [0.15, 0.2) is 6.61 Å². The fraction of sp³-hybridized carbons (Fsp3) is 0.0476. The Hall–Kier alpha value is -3.72. The molecule has 30 heavy (non-hydrogen) atoms. The van der Waals surface area contributed by atoms with Crippen LogP contribution >= 0.6 is 0 Å². The minimum atomic E-state index is -3.72. The predicted octanol–water partition coefficient (Wildman–Crippen LogP) is 3.16. The molecule has 9 heteroatoms. The van der Waals surface area contributed by atoms with Crippen LogP contribution in [0.25, 0.3) is 0 Å².